The number of likely N-dealkylation sites (tertiary alicyclic amines) is 2. The number of pyridine rings is 1. The second kappa shape index (κ2) is 9.87. The molecule has 1 aromatic carbocycles. The molecular weight excluding hydrogens is 392 g/mol. The molecule has 7 nitrogen and oxygen atoms in total. The van der Waals surface area contributed by atoms with Gasteiger partial charge < -0.3 is 20.4 Å². The van der Waals surface area contributed by atoms with Crippen molar-refractivity contribution in [3.05, 3.63) is 65.5 Å². The van der Waals surface area contributed by atoms with Gasteiger partial charge in [-0.2, -0.15) is 0 Å². The monoisotopic (exact) mass is 424 g/mol. The van der Waals surface area contributed by atoms with Crippen molar-refractivity contribution in [2.45, 2.75) is 37.5 Å². The predicted octanol–water partition coefficient (Wildman–Crippen LogP) is 1.36. The van der Waals surface area contributed by atoms with Crippen molar-refractivity contribution in [2.75, 3.05) is 39.3 Å². The van der Waals surface area contributed by atoms with E-state index in [1.54, 1.807) is 12.1 Å². The molecule has 3 heterocycles. The zero-order chi connectivity index (χ0) is 21.7. The normalized spacial score (nSPS) is 24.9. The lowest BCUT2D eigenvalue weighted by Gasteiger charge is -2.46. The Labute approximate surface area is 183 Å². The summed E-state index contributed by atoms with van der Waals surface area (Å²) in [6.45, 7) is 5.43. The first-order valence-corrected chi connectivity index (χ1v) is 11.2. The fraction of sp³-hybridized carbons (Fsp3) is 0.500. The van der Waals surface area contributed by atoms with E-state index < -0.39 is 11.6 Å². The van der Waals surface area contributed by atoms with Crippen LogP contribution in [0.4, 0.5) is 0 Å². The van der Waals surface area contributed by atoms with Crippen LogP contribution in [0.25, 0.3) is 0 Å². The van der Waals surface area contributed by atoms with Gasteiger partial charge in [0.1, 0.15) is 5.69 Å². The van der Waals surface area contributed by atoms with Crippen molar-refractivity contribution in [3.63, 3.8) is 0 Å². The van der Waals surface area contributed by atoms with E-state index in [1.165, 1.54) is 32.1 Å². The van der Waals surface area contributed by atoms with Gasteiger partial charge in [0, 0.05) is 32.4 Å². The topological polar surface area (TPSA) is 88.9 Å². The number of piperidine rings is 1. The van der Waals surface area contributed by atoms with Crippen LogP contribution in [0.3, 0.4) is 0 Å². The standard InChI is InChI=1S/C24H32N4O3/c29-18-19-8-10-25-21(16-19)23(31)26-24(20-6-2-1-3-7-20)9-13-28(17-22(24)30)15-14-27-11-4-5-12-27/h1-3,6-8,10,16,22,29-30H,4-5,9,11-15,17-18H2,(H,26,31)/t22-,24+/m1/s1. The fourth-order valence-corrected chi connectivity index (χ4v) is 4.74. The van der Waals surface area contributed by atoms with Gasteiger partial charge in [0.15, 0.2) is 0 Å². The smallest absolute Gasteiger partial charge is 0.270 e. The van der Waals surface area contributed by atoms with Crippen LogP contribution >= 0.6 is 0 Å². The van der Waals surface area contributed by atoms with Crippen molar-refractivity contribution in [3.8, 4) is 0 Å². The number of aliphatic hydroxyl groups excluding tert-OH is 2. The number of rotatable bonds is 7. The SMILES string of the molecule is O=C(N[C@]1(c2ccccc2)CCN(CCN2CCCC2)C[C@H]1O)c1cc(CO)ccn1. The molecule has 3 N–H and O–H groups in total. The summed E-state index contributed by atoms with van der Waals surface area (Å²) < 4.78 is 0. The Morgan fingerprint density at radius 3 is 2.55 bits per heavy atom. The third kappa shape index (κ3) is 4.96. The first kappa shape index (κ1) is 21.9. The Bertz CT molecular complexity index is 872. The molecule has 0 bridgehead atoms. The number of amides is 1. The number of benzene rings is 1. The number of carbonyl (C=O) groups is 1. The molecule has 2 fully saturated rings. The van der Waals surface area contributed by atoms with Crippen LogP contribution in [0.5, 0.6) is 0 Å². The molecule has 0 radical (unpaired) electrons. The van der Waals surface area contributed by atoms with E-state index in [2.05, 4.69) is 20.1 Å². The van der Waals surface area contributed by atoms with E-state index in [0.717, 1.165) is 25.2 Å². The van der Waals surface area contributed by atoms with Gasteiger partial charge in [-0.05, 0) is 55.6 Å². The molecule has 166 valence electrons. The number of nitrogens with one attached hydrogen (secondary N) is 1. The minimum Gasteiger partial charge on any atom is -0.392 e. The third-order valence-corrected chi connectivity index (χ3v) is 6.62. The van der Waals surface area contributed by atoms with Crippen molar-refractivity contribution < 1.29 is 15.0 Å². The fourth-order valence-electron chi connectivity index (χ4n) is 4.74. The Hall–Kier alpha value is -2.32. The van der Waals surface area contributed by atoms with E-state index >= 15 is 0 Å². The van der Waals surface area contributed by atoms with Crippen LogP contribution < -0.4 is 5.32 Å². The predicted molar refractivity (Wildman–Crippen MR) is 118 cm³/mol. The summed E-state index contributed by atoms with van der Waals surface area (Å²) in [6.07, 6.45) is 3.94. The number of nitrogens with zero attached hydrogens (tertiary/aromatic N) is 3. The Morgan fingerprint density at radius 2 is 1.84 bits per heavy atom. The number of aromatic nitrogens is 1. The molecule has 1 amide bonds. The van der Waals surface area contributed by atoms with Gasteiger partial charge in [0.2, 0.25) is 0 Å². The van der Waals surface area contributed by atoms with Gasteiger partial charge >= 0.3 is 0 Å². The van der Waals surface area contributed by atoms with E-state index in [4.69, 9.17) is 0 Å². The molecule has 0 spiro atoms. The Kier molecular flexibility index (Phi) is 6.97. The highest BCUT2D eigenvalue weighted by molar-refractivity contribution is 5.93. The maximum atomic E-state index is 13.1. The molecule has 31 heavy (non-hydrogen) atoms. The summed E-state index contributed by atoms with van der Waals surface area (Å²) in [5.41, 5.74) is 0.893. The van der Waals surface area contributed by atoms with E-state index in [0.29, 0.717) is 18.5 Å². The van der Waals surface area contributed by atoms with Gasteiger partial charge in [-0.3, -0.25) is 14.7 Å². The first-order chi connectivity index (χ1) is 15.1. The summed E-state index contributed by atoms with van der Waals surface area (Å²) in [5, 5.41) is 23.8. The molecule has 4 rings (SSSR count). The molecule has 1 aromatic heterocycles. The summed E-state index contributed by atoms with van der Waals surface area (Å²) in [7, 11) is 0. The highest BCUT2D eigenvalue weighted by atomic mass is 16.3. The van der Waals surface area contributed by atoms with Gasteiger partial charge in [-0.15, -0.1) is 0 Å². The third-order valence-electron chi connectivity index (χ3n) is 6.62. The lowest BCUT2D eigenvalue weighted by atomic mass is 9.78. The number of hydrogen-bond donors (Lipinski definition) is 3. The zero-order valence-electron chi connectivity index (χ0n) is 17.9. The minimum atomic E-state index is -0.876. The minimum absolute atomic E-state index is 0.152. The van der Waals surface area contributed by atoms with Crippen LogP contribution in [0.2, 0.25) is 0 Å². The highest BCUT2D eigenvalue weighted by Crippen LogP contribution is 2.34. The second-order valence-corrected chi connectivity index (χ2v) is 8.61. The van der Waals surface area contributed by atoms with Gasteiger partial charge in [-0.25, -0.2) is 0 Å². The van der Waals surface area contributed by atoms with E-state index in [-0.39, 0.29) is 18.2 Å². The maximum Gasteiger partial charge on any atom is 0.270 e. The van der Waals surface area contributed by atoms with Gasteiger partial charge in [0.25, 0.3) is 5.91 Å². The van der Waals surface area contributed by atoms with Crippen LogP contribution in [0.1, 0.15) is 40.9 Å². The number of carbonyl (C=O) groups excluding carboxylic acids is 1. The van der Waals surface area contributed by atoms with E-state index in [1.807, 2.05) is 30.3 Å². The van der Waals surface area contributed by atoms with Crippen LogP contribution in [-0.2, 0) is 12.1 Å². The van der Waals surface area contributed by atoms with Crippen LogP contribution in [0.15, 0.2) is 48.7 Å². The molecular formula is C24H32N4O3. The lowest BCUT2D eigenvalue weighted by molar-refractivity contribution is -0.0172. The zero-order valence-corrected chi connectivity index (χ0v) is 17.9. The second-order valence-electron chi connectivity index (χ2n) is 8.61. The Balaban J connectivity index is 1.51. The van der Waals surface area contributed by atoms with Crippen molar-refractivity contribution in [1.29, 1.82) is 0 Å². The molecule has 2 saturated heterocycles. The number of aliphatic hydroxyl groups is 2. The molecule has 2 aliphatic heterocycles. The molecule has 2 atom stereocenters. The van der Waals surface area contributed by atoms with Crippen LogP contribution in [0, 0.1) is 0 Å². The molecule has 0 aliphatic carbocycles. The quantitative estimate of drug-likeness (QED) is 0.622. The average molecular weight is 425 g/mol. The molecule has 0 unspecified atom stereocenters. The summed E-state index contributed by atoms with van der Waals surface area (Å²) in [5.74, 6) is -0.344. The Morgan fingerprint density at radius 1 is 1.10 bits per heavy atom. The molecule has 2 aliphatic rings. The first-order valence-electron chi connectivity index (χ1n) is 11.2. The summed E-state index contributed by atoms with van der Waals surface area (Å²) in [6, 6.07) is 13.0. The van der Waals surface area contributed by atoms with Crippen molar-refractivity contribution in [1.82, 2.24) is 20.1 Å². The largest absolute Gasteiger partial charge is 0.392 e. The summed E-state index contributed by atoms with van der Waals surface area (Å²) in [4.78, 5) is 22.0. The maximum absolute atomic E-state index is 13.1. The highest BCUT2D eigenvalue weighted by Gasteiger charge is 2.45. The van der Waals surface area contributed by atoms with Crippen molar-refractivity contribution in [2.24, 2.45) is 0 Å². The summed E-state index contributed by atoms with van der Waals surface area (Å²) >= 11 is 0. The molecule has 2 aromatic rings. The number of β-amino-alcohol motifs (C(OH)–C–C–N with tert-alkyl or cyclic N) is 1. The number of hydrogen-bond acceptors (Lipinski definition) is 6. The lowest BCUT2D eigenvalue weighted by Crippen LogP contribution is -2.62. The van der Waals surface area contributed by atoms with Crippen molar-refractivity contribution >= 4 is 5.91 Å². The van der Waals surface area contributed by atoms with E-state index in [9.17, 15) is 15.0 Å². The van der Waals surface area contributed by atoms with Crippen LogP contribution in [-0.4, -0.2) is 76.3 Å². The van der Waals surface area contributed by atoms with Gasteiger partial charge in [-0.1, -0.05) is 30.3 Å². The molecule has 0 saturated carbocycles. The van der Waals surface area contributed by atoms with Gasteiger partial charge in [0.05, 0.1) is 18.2 Å². The molecule has 7 heteroatoms. The average Bonchev–Trinajstić information content (AvgIpc) is 3.33.